The van der Waals surface area contributed by atoms with E-state index in [-0.39, 0.29) is 5.82 Å². The summed E-state index contributed by atoms with van der Waals surface area (Å²) in [6, 6.07) is 7.26. The third-order valence-electron chi connectivity index (χ3n) is 3.56. The summed E-state index contributed by atoms with van der Waals surface area (Å²) in [5.74, 6) is 0.517. The maximum atomic E-state index is 12.8. The van der Waals surface area contributed by atoms with Crippen LogP contribution in [0.1, 0.15) is 13.3 Å². The molecule has 2 rings (SSSR count). The predicted molar refractivity (Wildman–Crippen MR) is 65.2 cm³/mol. The Balaban J connectivity index is 2.12. The molecule has 1 aromatic rings. The van der Waals surface area contributed by atoms with Gasteiger partial charge in [-0.25, -0.2) is 4.39 Å². The van der Waals surface area contributed by atoms with Gasteiger partial charge in [-0.2, -0.15) is 0 Å². The van der Waals surface area contributed by atoms with E-state index in [0.717, 1.165) is 18.8 Å². The second-order valence-corrected chi connectivity index (χ2v) is 4.48. The average molecular weight is 222 g/mol. The fourth-order valence-corrected chi connectivity index (χ4v) is 2.46. The zero-order valence-corrected chi connectivity index (χ0v) is 9.91. The number of hydrogen-bond acceptors (Lipinski definition) is 2. The first kappa shape index (κ1) is 11.4. The molecule has 3 heteroatoms. The van der Waals surface area contributed by atoms with Crippen molar-refractivity contribution >= 4 is 5.69 Å². The molecule has 2 nitrogen and oxygen atoms in total. The number of nitrogens with one attached hydrogen (secondary N) is 1. The van der Waals surface area contributed by atoms with Crippen LogP contribution in [-0.2, 0) is 0 Å². The summed E-state index contributed by atoms with van der Waals surface area (Å²) in [5, 5.41) is 3.42. The van der Waals surface area contributed by atoms with Gasteiger partial charge < -0.3 is 10.2 Å². The van der Waals surface area contributed by atoms with Gasteiger partial charge in [0.15, 0.2) is 0 Å². The first-order chi connectivity index (χ1) is 7.72. The number of benzene rings is 1. The van der Waals surface area contributed by atoms with E-state index in [1.807, 2.05) is 12.1 Å². The van der Waals surface area contributed by atoms with E-state index >= 15 is 0 Å². The van der Waals surface area contributed by atoms with Crippen molar-refractivity contribution in [2.45, 2.75) is 19.4 Å². The third kappa shape index (κ3) is 2.19. The van der Waals surface area contributed by atoms with Crippen LogP contribution in [0.15, 0.2) is 24.3 Å². The summed E-state index contributed by atoms with van der Waals surface area (Å²) in [6.07, 6.45) is 1.18. The molecule has 0 saturated carbocycles. The molecule has 1 fully saturated rings. The van der Waals surface area contributed by atoms with Crippen LogP contribution in [-0.4, -0.2) is 26.2 Å². The van der Waals surface area contributed by atoms with Gasteiger partial charge in [-0.15, -0.1) is 0 Å². The second-order valence-electron chi connectivity index (χ2n) is 4.48. The van der Waals surface area contributed by atoms with Crippen molar-refractivity contribution in [1.82, 2.24) is 5.32 Å². The highest BCUT2D eigenvalue weighted by atomic mass is 19.1. The molecule has 1 aromatic carbocycles. The summed E-state index contributed by atoms with van der Waals surface area (Å²) in [5.41, 5.74) is 1.09. The number of halogens is 1. The smallest absolute Gasteiger partial charge is 0.123 e. The quantitative estimate of drug-likeness (QED) is 0.844. The number of likely N-dealkylation sites (N-methyl/N-ethyl adjacent to an activating group) is 1. The average Bonchev–Trinajstić information content (AvgIpc) is 2.77. The third-order valence-corrected chi connectivity index (χ3v) is 3.56. The molecule has 88 valence electrons. The SMILES string of the molecule is CCC1CNCC1N(C)c1ccc(F)cc1. The zero-order chi connectivity index (χ0) is 11.5. The molecule has 0 bridgehead atoms. The van der Waals surface area contributed by atoms with Crippen LogP contribution in [0.5, 0.6) is 0 Å². The van der Waals surface area contributed by atoms with Crippen LogP contribution in [0.25, 0.3) is 0 Å². The van der Waals surface area contributed by atoms with Gasteiger partial charge in [0, 0.05) is 31.9 Å². The lowest BCUT2D eigenvalue weighted by Crippen LogP contribution is -2.37. The van der Waals surface area contributed by atoms with E-state index in [0.29, 0.717) is 12.0 Å². The van der Waals surface area contributed by atoms with Crippen molar-refractivity contribution in [3.05, 3.63) is 30.1 Å². The molecule has 2 unspecified atom stereocenters. The summed E-state index contributed by atoms with van der Waals surface area (Å²) in [4.78, 5) is 2.26. The molecular weight excluding hydrogens is 203 g/mol. The normalized spacial score (nSPS) is 24.7. The predicted octanol–water partition coefficient (Wildman–Crippen LogP) is 2.26. The van der Waals surface area contributed by atoms with Crippen LogP contribution in [0.2, 0.25) is 0 Å². The fraction of sp³-hybridized carbons (Fsp3) is 0.538. The molecule has 1 aliphatic rings. The topological polar surface area (TPSA) is 15.3 Å². The molecule has 0 radical (unpaired) electrons. The maximum Gasteiger partial charge on any atom is 0.123 e. The van der Waals surface area contributed by atoms with Crippen LogP contribution in [0.3, 0.4) is 0 Å². The van der Waals surface area contributed by atoms with Crippen molar-refractivity contribution in [2.75, 3.05) is 25.0 Å². The zero-order valence-electron chi connectivity index (χ0n) is 9.91. The fourth-order valence-electron chi connectivity index (χ4n) is 2.46. The van der Waals surface area contributed by atoms with Crippen molar-refractivity contribution < 1.29 is 4.39 Å². The Labute approximate surface area is 96.5 Å². The number of rotatable bonds is 3. The van der Waals surface area contributed by atoms with E-state index in [1.54, 1.807) is 0 Å². The second kappa shape index (κ2) is 4.83. The molecular formula is C13H19FN2. The van der Waals surface area contributed by atoms with Gasteiger partial charge in [-0.05, 0) is 30.2 Å². The first-order valence-corrected chi connectivity index (χ1v) is 5.91. The molecule has 0 amide bonds. The number of nitrogens with zero attached hydrogens (tertiary/aromatic N) is 1. The molecule has 0 aliphatic carbocycles. The number of anilines is 1. The molecule has 1 N–H and O–H groups in total. The largest absolute Gasteiger partial charge is 0.370 e. The highest BCUT2D eigenvalue weighted by molar-refractivity contribution is 5.47. The molecule has 16 heavy (non-hydrogen) atoms. The van der Waals surface area contributed by atoms with Gasteiger partial charge in [-0.3, -0.25) is 0 Å². The minimum atomic E-state index is -0.172. The molecule has 0 spiro atoms. The Kier molecular flexibility index (Phi) is 3.44. The van der Waals surface area contributed by atoms with Crippen LogP contribution < -0.4 is 10.2 Å². The Morgan fingerprint density at radius 1 is 1.31 bits per heavy atom. The summed E-state index contributed by atoms with van der Waals surface area (Å²) < 4.78 is 12.8. The summed E-state index contributed by atoms with van der Waals surface area (Å²) in [6.45, 7) is 4.34. The van der Waals surface area contributed by atoms with E-state index < -0.39 is 0 Å². The summed E-state index contributed by atoms with van der Waals surface area (Å²) in [7, 11) is 2.09. The van der Waals surface area contributed by atoms with Crippen molar-refractivity contribution in [3.63, 3.8) is 0 Å². The lowest BCUT2D eigenvalue weighted by molar-refractivity contribution is 0.481. The van der Waals surface area contributed by atoms with Crippen molar-refractivity contribution in [1.29, 1.82) is 0 Å². The van der Waals surface area contributed by atoms with Crippen LogP contribution in [0, 0.1) is 11.7 Å². The van der Waals surface area contributed by atoms with Crippen molar-refractivity contribution in [2.24, 2.45) is 5.92 Å². The minimum absolute atomic E-state index is 0.172. The Morgan fingerprint density at radius 3 is 2.62 bits per heavy atom. The van der Waals surface area contributed by atoms with Gasteiger partial charge in [-0.1, -0.05) is 13.3 Å². The van der Waals surface area contributed by atoms with E-state index in [2.05, 4.69) is 24.2 Å². The van der Waals surface area contributed by atoms with E-state index in [1.165, 1.54) is 18.6 Å². The van der Waals surface area contributed by atoms with Gasteiger partial charge in [0.05, 0.1) is 0 Å². The Bertz CT molecular complexity index is 336. The molecule has 1 aliphatic heterocycles. The minimum Gasteiger partial charge on any atom is -0.370 e. The maximum absolute atomic E-state index is 12.8. The monoisotopic (exact) mass is 222 g/mol. The summed E-state index contributed by atoms with van der Waals surface area (Å²) >= 11 is 0. The van der Waals surface area contributed by atoms with E-state index in [9.17, 15) is 4.39 Å². The highest BCUT2D eigenvalue weighted by Crippen LogP contribution is 2.23. The molecule has 2 atom stereocenters. The Morgan fingerprint density at radius 2 is 2.00 bits per heavy atom. The van der Waals surface area contributed by atoms with Gasteiger partial charge in [0.1, 0.15) is 5.82 Å². The first-order valence-electron chi connectivity index (χ1n) is 5.91. The van der Waals surface area contributed by atoms with Crippen LogP contribution in [0.4, 0.5) is 10.1 Å². The van der Waals surface area contributed by atoms with Crippen LogP contribution >= 0.6 is 0 Å². The molecule has 1 heterocycles. The van der Waals surface area contributed by atoms with Gasteiger partial charge >= 0.3 is 0 Å². The number of hydrogen-bond donors (Lipinski definition) is 1. The standard InChI is InChI=1S/C13H19FN2/c1-3-10-8-15-9-13(10)16(2)12-6-4-11(14)5-7-12/h4-7,10,13,15H,3,8-9H2,1-2H3. The lowest BCUT2D eigenvalue weighted by Gasteiger charge is -2.30. The Hall–Kier alpha value is -1.09. The lowest BCUT2D eigenvalue weighted by atomic mass is 9.99. The van der Waals surface area contributed by atoms with Gasteiger partial charge in [0.25, 0.3) is 0 Å². The van der Waals surface area contributed by atoms with Crippen molar-refractivity contribution in [3.8, 4) is 0 Å². The van der Waals surface area contributed by atoms with E-state index in [4.69, 9.17) is 0 Å². The molecule has 0 aromatic heterocycles. The molecule has 1 saturated heterocycles. The van der Waals surface area contributed by atoms with Gasteiger partial charge in [0.2, 0.25) is 0 Å². The highest BCUT2D eigenvalue weighted by Gasteiger charge is 2.28.